The number of imide groups is 1. The number of ketones is 1. The minimum absolute atomic E-state index is 0.0279. The van der Waals surface area contributed by atoms with Crippen LogP contribution in [0.5, 0.6) is 0 Å². The smallest absolute Gasteiger partial charge is 0.306 e. The predicted octanol–water partition coefficient (Wildman–Crippen LogP) is 0.836. The van der Waals surface area contributed by atoms with Crippen LogP contribution in [-0.4, -0.2) is 103 Å². The molecule has 13 nitrogen and oxygen atoms in total. The van der Waals surface area contributed by atoms with E-state index in [1.54, 1.807) is 0 Å². The van der Waals surface area contributed by atoms with E-state index in [2.05, 4.69) is 5.32 Å². The molecule has 2 unspecified atom stereocenters. The van der Waals surface area contributed by atoms with Crippen LogP contribution >= 0.6 is 0 Å². The van der Waals surface area contributed by atoms with Crippen LogP contribution in [0, 0.1) is 11.8 Å². The molecule has 0 radical (unpaired) electrons. The lowest BCUT2D eigenvalue weighted by Gasteiger charge is -2.19. The summed E-state index contributed by atoms with van der Waals surface area (Å²) in [5, 5.41) is 20.7. The zero-order valence-corrected chi connectivity index (χ0v) is 24.7. The molecule has 0 saturated heterocycles. The number of ether oxygens (including phenoxy) is 3. The fraction of sp³-hybridized carbons (Fsp3) is 0.724. The van der Waals surface area contributed by atoms with Crippen molar-refractivity contribution in [2.75, 3.05) is 46.1 Å². The molecule has 0 aromatic carbocycles. The molecule has 3 N–H and O–H groups in total. The van der Waals surface area contributed by atoms with Gasteiger partial charge in [-0.25, -0.2) is 0 Å². The van der Waals surface area contributed by atoms with Crippen molar-refractivity contribution >= 4 is 35.4 Å². The van der Waals surface area contributed by atoms with E-state index in [-0.39, 0.29) is 95.2 Å². The van der Waals surface area contributed by atoms with Gasteiger partial charge in [-0.15, -0.1) is 0 Å². The highest BCUT2D eigenvalue weighted by Gasteiger charge is 2.23. The maximum absolute atomic E-state index is 12.1. The zero-order valence-electron chi connectivity index (χ0n) is 24.7. The van der Waals surface area contributed by atoms with Crippen LogP contribution in [-0.2, 0) is 43.0 Å². The summed E-state index contributed by atoms with van der Waals surface area (Å²) >= 11 is 0. The highest BCUT2D eigenvalue weighted by Crippen LogP contribution is 2.11. The van der Waals surface area contributed by atoms with Crippen molar-refractivity contribution < 1.29 is 53.2 Å². The Bertz CT molecular complexity index is 873. The third-order valence-corrected chi connectivity index (χ3v) is 6.51. The third kappa shape index (κ3) is 16.9. The van der Waals surface area contributed by atoms with Crippen LogP contribution in [0.15, 0.2) is 12.2 Å². The maximum atomic E-state index is 12.1. The number of hydrogen-bond donors (Lipinski definition) is 3. The molecule has 0 aromatic rings. The number of nitrogens with one attached hydrogen (secondary N) is 1. The standard InChI is InChI=1S/C29H46N2O11/c1-21(10-14-32)17-28(38)41-19-24(20-42-29(39)18-22(2)11-15-33)40-16-4-6-25(35)30-12-3-5-23(34)9-13-31-26(36)7-8-27(31)37/h7-8,21-22,24,32-33H,3-6,9-20H2,1-2H3,(H,30,35). The van der Waals surface area contributed by atoms with Gasteiger partial charge in [-0.05, 0) is 37.5 Å². The predicted molar refractivity (Wildman–Crippen MR) is 150 cm³/mol. The van der Waals surface area contributed by atoms with Crippen molar-refractivity contribution in [3.05, 3.63) is 12.2 Å². The lowest BCUT2D eigenvalue weighted by molar-refractivity contribution is -0.156. The van der Waals surface area contributed by atoms with Crippen LogP contribution in [0.3, 0.4) is 0 Å². The molecule has 238 valence electrons. The molecule has 1 aliphatic heterocycles. The van der Waals surface area contributed by atoms with E-state index in [4.69, 9.17) is 24.4 Å². The van der Waals surface area contributed by atoms with E-state index in [0.717, 1.165) is 4.90 Å². The van der Waals surface area contributed by atoms with Gasteiger partial charge in [-0.3, -0.25) is 33.7 Å². The quantitative estimate of drug-likeness (QED) is 0.0812. The summed E-state index contributed by atoms with van der Waals surface area (Å²) in [6, 6.07) is 0. The summed E-state index contributed by atoms with van der Waals surface area (Å²) < 4.78 is 16.3. The fourth-order valence-corrected chi connectivity index (χ4v) is 3.95. The second-order valence-electron chi connectivity index (χ2n) is 10.5. The molecule has 42 heavy (non-hydrogen) atoms. The Morgan fingerprint density at radius 2 is 1.38 bits per heavy atom. The van der Waals surface area contributed by atoms with Gasteiger partial charge in [-0.2, -0.15) is 0 Å². The molecule has 0 saturated carbocycles. The Labute approximate surface area is 246 Å². The number of aliphatic hydroxyl groups is 2. The molecule has 1 rings (SSSR count). The van der Waals surface area contributed by atoms with Crippen molar-refractivity contribution in [3.8, 4) is 0 Å². The molecule has 2 atom stereocenters. The summed E-state index contributed by atoms with van der Waals surface area (Å²) in [6.07, 6.45) is 4.04. The van der Waals surface area contributed by atoms with Gasteiger partial charge in [0.05, 0.1) is 0 Å². The summed E-state index contributed by atoms with van der Waals surface area (Å²) in [6.45, 7) is 3.80. The first-order chi connectivity index (χ1) is 20.0. The number of carbonyl (C=O) groups excluding carboxylic acids is 6. The summed E-state index contributed by atoms with van der Waals surface area (Å²) in [7, 11) is 0. The Morgan fingerprint density at radius 1 is 0.833 bits per heavy atom. The lowest BCUT2D eigenvalue weighted by atomic mass is 10.1. The minimum atomic E-state index is -0.727. The molecular weight excluding hydrogens is 552 g/mol. The number of nitrogens with zero attached hydrogens (tertiary/aromatic N) is 1. The monoisotopic (exact) mass is 598 g/mol. The Kier molecular flexibility index (Phi) is 18.9. The first-order valence-corrected chi connectivity index (χ1v) is 14.5. The van der Waals surface area contributed by atoms with E-state index in [1.807, 2.05) is 13.8 Å². The third-order valence-electron chi connectivity index (χ3n) is 6.51. The molecule has 1 aliphatic rings. The highest BCUT2D eigenvalue weighted by atomic mass is 16.6. The van der Waals surface area contributed by atoms with E-state index in [0.29, 0.717) is 32.2 Å². The van der Waals surface area contributed by atoms with Crippen molar-refractivity contribution in [2.24, 2.45) is 11.8 Å². The molecule has 13 heteroatoms. The number of hydrogen-bond acceptors (Lipinski definition) is 11. The second kappa shape index (κ2) is 21.5. The highest BCUT2D eigenvalue weighted by molar-refractivity contribution is 6.13. The van der Waals surface area contributed by atoms with Gasteiger partial charge in [0, 0.05) is 77.2 Å². The van der Waals surface area contributed by atoms with Gasteiger partial charge in [0.1, 0.15) is 25.1 Å². The lowest BCUT2D eigenvalue weighted by Crippen LogP contribution is -2.32. The van der Waals surface area contributed by atoms with Gasteiger partial charge in [0.15, 0.2) is 0 Å². The molecule has 1 heterocycles. The zero-order chi connectivity index (χ0) is 31.3. The topological polar surface area (TPSA) is 186 Å². The molecule has 0 aromatic heterocycles. The van der Waals surface area contributed by atoms with E-state index >= 15 is 0 Å². The summed E-state index contributed by atoms with van der Waals surface area (Å²) in [5.41, 5.74) is 0. The van der Waals surface area contributed by atoms with Crippen molar-refractivity contribution in [2.45, 2.75) is 77.7 Å². The van der Waals surface area contributed by atoms with Crippen LogP contribution in [0.4, 0.5) is 0 Å². The van der Waals surface area contributed by atoms with Crippen LogP contribution in [0.2, 0.25) is 0 Å². The number of amides is 3. The minimum Gasteiger partial charge on any atom is -0.463 e. The van der Waals surface area contributed by atoms with Crippen molar-refractivity contribution in [3.63, 3.8) is 0 Å². The van der Waals surface area contributed by atoms with E-state index < -0.39 is 29.9 Å². The second-order valence-corrected chi connectivity index (χ2v) is 10.5. The molecular formula is C29H46N2O11. The van der Waals surface area contributed by atoms with Gasteiger partial charge in [0.25, 0.3) is 11.8 Å². The molecule has 0 spiro atoms. The number of esters is 2. The average Bonchev–Trinajstić information content (AvgIpc) is 3.25. The summed E-state index contributed by atoms with van der Waals surface area (Å²) in [4.78, 5) is 72.4. The number of Topliss-reactive ketones (excluding diaryl/α,β-unsaturated/α-hetero) is 1. The van der Waals surface area contributed by atoms with Crippen molar-refractivity contribution in [1.82, 2.24) is 10.2 Å². The van der Waals surface area contributed by atoms with Gasteiger partial charge >= 0.3 is 11.9 Å². The molecule has 0 bridgehead atoms. The summed E-state index contributed by atoms with van der Waals surface area (Å²) in [5.74, 6) is -2.20. The SMILES string of the molecule is CC(CCO)CC(=O)OCC(COC(=O)CC(C)CCO)OCCCC(=O)NCCCC(=O)CCN1C(=O)C=CC1=O. The van der Waals surface area contributed by atoms with Gasteiger partial charge in [-0.1, -0.05) is 13.8 Å². The molecule has 0 fully saturated rings. The number of aliphatic hydroxyl groups excluding tert-OH is 2. The van der Waals surface area contributed by atoms with E-state index in [1.165, 1.54) is 12.2 Å². The first kappa shape index (κ1) is 36.9. The molecule has 0 aliphatic carbocycles. The average molecular weight is 599 g/mol. The van der Waals surface area contributed by atoms with Crippen LogP contribution in [0.25, 0.3) is 0 Å². The normalized spacial score (nSPS) is 14.9. The Hall–Kier alpha value is -3.16. The van der Waals surface area contributed by atoms with Crippen LogP contribution in [0.1, 0.15) is 71.6 Å². The number of rotatable bonds is 24. The van der Waals surface area contributed by atoms with Gasteiger partial charge < -0.3 is 29.7 Å². The maximum Gasteiger partial charge on any atom is 0.306 e. The largest absolute Gasteiger partial charge is 0.463 e. The Morgan fingerprint density at radius 3 is 1.90 bits per heavy atom. The Balaban J connectivity index is 2.32. The number of carbonyl (C=O) groups is 6. The fourth-order valence-electron chi connectivity index (χ4n) is 3.95. The van der Waals surface area contributed by atoms with Crippen LogP contribution < -0.4 is 5.32 Å². The van der Waals surface area contributed by atoms with Crippen molar-refractivity contribution in [1.29, 1.82) is 0 Å². The first-order valence-electron chi connectivity index (χ1n) is 14.5. The van der Waals surface area contributed by atoms with E-state index in [9.17, 15) is 28.8 Å². The molecule has 3 amide bonds. The van der Waals surface area contributed by atoms with Gasteiger partial charge in [0.2, 0.25) is 5.91 Å².